The van der Waals surface area contributed by atoms with Gasteiger partial charge in [-0.15, -0.1) is 0 Å². The van der Waals surface area contributed by atoms with Crippen LogP contribution in [0.5, 0.6) is 0 Å². The van der Waals surface area contributed by atoms with Crippen molar-refractivity contribution in [3.05, 3.63) is 32.9 Å². The third kappa shape index (κ3) is 4.53. The van der Waals surface area contributed by atoms with Gasteiger partial charge in [0.25, 0.3) is 5.56 Å². The van der Waals surface area contributed by atoms with Crippen molar-refractivity contribution in [1.29, 1.82) is 0 Å². The number of aliphatic hydroxyl groups excluding tert-OH is 1. The number of ether oxygens (including phenoxy) is 2. The average molecular weight is 359 g/mol. The van der Waals surface area contributed by atoms with E-state index in [0.717, 1.165) is 10.8 Å². The van der Waals surface area contributed by atoms with Gasteiger partial charge in [0.15, 0.2) is 0 Å². The SMILES string of the molecule is CC(C)C[C@H](N)C(=O)O[C@H]1CC(n2cc(F)c(=O)[nH]c2=O)O[C@@H]1CO. The normalized spacial score (nSPS) is 24.5. The third-order valence-corrected chi connectivity index (χ3v) is 3.89. The topological polar surface area (TPSA) is 137 Å². The van der Waals surface area contributed by atoms with Crippen LogP contribution >= 0.6 is 0 Å². The van der Waals surface area contributed by atoms with Gasteiger partial charge in [0.1, 0.15) is 24.5 Å². The smallest absolute Gasteiger partial charge is 0.330 e. The van der Waals surface area contributed by atoms with E-state index in [1.165, 1.54) is 0 Å². The van der Waals surface area contributed by atoms with Crippen molar-refractivity contribution in [3.63, 3.8) is 0 Å². The molecule has 140 valence electrons. The van der Waals surface area contributed by atoms with Crippen molar-refractivity contribution >= 4 is 5.97 Å². The predicted molar refractivity (Wildman–Crippen MR) is 84.2 cm³/mol. The molecule has 0 aliphatic carbocycles. The molecule has 0 radical (unpaired) electrons. The molecule has 0 saturated carbocycles. The predicted octanol–water partition coefficient (Wildman–Crippen LogP) is -0.759. The number of esters is 1. The number of hydrogen-bond acceptors (Lipinski definition) is 7. The van der Waals surface area contributed by atoms with Crippen LogP contribution in [0.3, 0.4) is 0 Å². The molecule has 1 aromatic heterocycles. The van der Waals surface area contributed by atoms with Crippen molar-refractivity contribution in [2.24, 2.45) is 11.7 Å². The fourth-order valence-electron chi connectivity index (χ4n) is 2.67. The Morgan fingerprint density at radius 3 is 2.84 bits per heavy atom. The van der Waals surface area contributed by atoms with E-state index in [9.17, 15) is 23.9 Å². The lowest BCUT2D eigenvalue weighted by molar-refractivity contribution is -0.155. The van der Waals surface area contributed by atoms with E-state index in [4.69, 9.17) is 15.2 Å². The number of halogens is 1. The van der Waals surface area contributed by atoms with Gasteiger partial charge in [0.05, 0.1) is 12.8 Å². The van der Waals surface area contributed by atoms with E-state index in [0.29, 0.717) is 6.42 Å². The summed E-state index contributed by atoms with van der Waals surface area (Å²) in [6.07, 6.45) is -1.56. The van der Waals surface area contributed by atoms with Gasteiger partial charge in [0.2, 0.25) is 5.82 Å². The van der Waals surface area contributed by atoms with Crippen LogP contribution in [0.25, 0.3) is 0 Å². The molecule has 0 bridgehead atoms. The molecule has 4 atom stereocenters. The van der Waals surface area contributed by atoms with Crippen LogP contribution in [0.4, 0.5) is 4.39 Å². The lowest BCUT2D eigenvalue weighted by Crippen LogP contribution is -2.39. The molecule has 4 N–H and O–H groups in total. The zero-order valence-corrected chi connectivity index (χ0v) is 14.0. The lowest BCUT2D eigenvalue weighted by atomic mass is 10.0. The first-order chi connectivity index (χ1) is 11.7. The van der Waals surface area contributed by atoms with Gasteiger partial charge in [0, 0.05) is 6.42 Å². The molecule has 2 rings (SSSR count). The Morgan fingerprint density at radius 1 is 1.56 bits per heavy atom. The largest absolute Gasteiger partial charge is 0.458 e. The number of carbonyl (C=O) groups is 1. The van der Waals surface area contributed by atoms with Crippen LogP contribution in [-0.4, -0.2) is 45.5 Å². The Balaban J connectivity index is 2.12. The molecule has 2 heterocycles. The summed E-state index contributed by atoms with van der Waals surface area (Å²) in [5, 5.41) is 9.40. The summed E-state index contributed by atoms with van der Waals surface area (Å²) in [7, 11) is 0. The second-order valence-corrected chi connectivity index (χ2v) is 6.40. The first kappa shape index (κ1) is 19.3. The van der Waals surface area contributed by atoms with Crippen LogP contribution < -0.4 is 17.0 Å². The second-order valence-electron chi connectivity index (χ2n) is 6.40. The summed E-state index contributed by atoms with van der Waals surface area (Å²) in [6.45, 7) is 3.36. The quantitative estimate of drug-likeness (QED) is 0.568. The van der Waals surface area contributed by atoms with Gasteiger partial charge in [-0.2, -0.15) is 4.39 Å². The minimum Gasteiger partial charge on any atom is -0.458 e. The average Bonchev–Trinajstić information content (AvgIpc) is 2.92. The van der Waals surface area contributed by atoms with Gasteiger partial charge < -0.3 is 20.3 Å². The number of rotatable bonds is 6. The van der Waals surface area contributed by atoms with Crippen molar-refractivity contribution in [1.82, 2.24) is 9.55 Å². The van der Waals surface area contributed by atoms with E-state index in [1.54, 1.807) is 0 Å². The molecule has 1 fully saturated rings. The Hall–Kier alpha value is -2.04. The van der Waals surface area contributed by atoms with Crippen LogP contribution in [0.1, 0.15) is 32.9 Å². The van der Waals surface area contributed by atoms with Crippen molar-refractivity contribution in [2.75, 3.05) is 6.61 Å². The van der Waals surface area contributed by atoms with Gasteiger partial charge >= 0.3 is 11.7 Å². The summed E-state index contributed by atoms with van der Waals surface area (Å²) in [4.78, 5) is 36.8. The van der Waals surface area contributed by atoms with Crippen LogP contribution in [0.2, 0.25) is 0 Å². The second kappa shape index (κ2) is 7.89. The van der Waals surface area contributed by atoms with Gasteiger partial charge in [-0.3, -0.25) is 19.1 Å². The number of aromatic nitrogens is 2. The fourth-order valence-corrected chi connectivity index (χ4v) is 2.67. The zero-order valence-electron chi connectivity index (χ0n) is 14.0. The monoisotopic (exact) mass is 359 g/mol. The number of hydrogen-bond donors (Lipinski definition) is 3. The Morgan fingerprint density at radius 2 is 2.24 bits per heavy atom. The van der Waals surface area contributed by atoms with E-state index in [1.807, 2.05) is 18.8 Å². The van der Waals surface area contributed by atoms with E-state index < -0.39 is 54.1 Å². The van der Waals surface area contributed by atoms with Crippen LogP contribution in [0.15, 0.2) is 15.8 Å². The molecular formula is C15H22FN3O6. The highest BCUT2D eigenvalue weighted by Gasteiger charge is 2.39. The molecule has 1 unspecified atom stereocenters. The van der Waals surface area contributed by atoms with Gasteiger partial charge in [-0.05, 0) is 12.3 Å². The Bertz CT molecular complexity index is 731. The fraction of sp³-hybridized carbons (Fsp3) is 0.667. The number of aliphatic hydroxyl groups is 1. The summed E-state index contributed by atoms with van der Waals surface area (Å²) in [5.74, 6) is -1.59. The number of carbonyl (C=O) groups excluding carboxylic acids is 1. The lowest BCUT2D eigenvalue weighted by Gasteiger charge is -2.19. The summed E-state index contributed by atoms with van der Waals surface area (Å²) in [5.41, 5.74) is 3.76. The number of nitrogens with zero attached hydrogens (tertiary/aromatic N) is 1. The highest BCUT2D eigenvalue weighted by molar-refractivity contribution is 5.75. The minimum absolute atomic E-state index is 0.0107. The molecule has 0 amide bonds. The van der Waals surface area contributed by atoms with Crippen molar-refractivity contribution < 1.29 is 23.8 Å². The van der Waals surface area contributed by atoms with E-state index >= 15 is 0 Å². The zero-order chi connectivity index (χ0) is 18.7. The third-order valence-electron chi connectivity index (χ3n) is 3.89. The molecule has 0 aromatic carbocycles. The van der Waals surface area contributed by atoms with E-state index in [2.05, 4.69) is 0 Å². The Kier molecular flexibility index (Phi) is 6.09. The number of nitrogens with two attached hydrogens (primary N) is 1. The Labute approximate surface area is 142 Å². The standard InChI is InChI=1S/C15H22FN3O6/c1-7(2)3-9(17)14(22)25-10-4-12(24-11(10)6-20)19-5-8(16)13(21)18-15(19)23/h5,7,9-12,20H,3-4,6,17H2,1-2H3,(H,18,21,23)/t9-,10-,11+,12?/m0/s1. The molecule has 1 aromatic rings. The molecular weight excluding hydrogens is 337 g/mol. The summed E-state index contributed by atoms with van der Waals surface area (Å²) < 4.78 is 25.0. The number of aromatic amines is 1. The van der Waals surface area contributed by atoms with Crippen LogP contribution in [-0.2, 0) is 14.3 Å². The maximum absolute atomic E-state index is 13.4. The first-order valence-corrected chi connectivity index (χ1v) is 7.96. The maximum Gasteiger partial charge on any atom is 0.330 e. The molecule has 9 nitrogen and oxygen atoms in total. The molecule has 0 spiro atoms. The minimum atomic E-state index is -1.15. The molecule has 1 saturated heterocycles. The molecule has 1 aliphatic heterocycles. The highest BCUT2D eigenvalue weighted by atomic mass is 19.1. The number of H-pyrrole nitrogens is 1. The number of nitrogens with one attached hydrogen (secondary N) is 1. The molecule has 10 heteroatoms. The van der Waals surface area contributed by atoms with Gasteiger partial charge in [-0.1, -0.05) is 13.8 Å². The molecule has 1 aliphatic rings. The van der Waals surface area contributed by atoms with Crippen molar-refractivity contribution in [2.45, 2.75) is 51.2 Å². The summed E-state index contributed by atoms with van der Waals surface area (Å²) >= 11 is 0. The molecule has 25 heavy (non-hydrogen) atoms. The van der Waals surface area contributed by atoms with Crippen LogP contribution in [0, 0.1) is 11.7 Å². The van der Waals surface area contributed by atoms with Crippen molar-refractivity contribution in [3.8, 4) is 0 Å². The van der Waals surface area contributed by atoms with E-state index in [-0.39, 0.29) is 12.3 Å². The van der Waals surface area contributed by atoms with Gasteiger partial charge in [-0.25, -0.2) is 4.79 Å². The highest BCUT2D eigenvalue weighted by Crippen LogP contribution is 2.30. The maximum atomic E-state index is 13.4. The first-order valence-electron chi connectivity index (χ1n) is 7.96. The summed E-state index contributed by atoms with van der Waals surface area (Å²) in [6, 6.07) is -0.813.